The van der Waals surface area contributed by atoms with Crippen molar-refractivity contribution < 1.29 is 4.70 Å². The van der Waals surface area contributed by atoms with Crippen molar-refractivity contribution in [1.82, 2.24) is 20.2 Å². The molecular formula is C14H30N5+. The van der Waals surface area contributed by atoms with Crippen LogP contribution in [0, 0.1) is 0 Å². The van der Waals surface area contributed by atoms with E-state index in [1.807, 2.05) is 0 Å². The molecule has 5 heteroatoms. The van der Waals surface area contributed by atoms with Crippen LogP contribution in [0.5, 0.6) is 0 Å². The minimum atomic E-state index is 0.850. The van der Waals surface area contributed by atoms with Crippen molar-refractivity contribution in [3.63, 3.8) is 0 Å². The largest absolute Gasteiger partial charge is 0.306 e. The van der Waals surface area contributed by atoms with Gasteiger partial charge in [0.15, 0.2) is 0 Å². The van der Waals surface area contributed by atoms with Gasteiger partial charge in [-0.3, -0.25) is 0 Å². The molecule has 0 radical (unpaired) electrons. The molecule has 110 valence electrons. The Morgan fingerprint density at radius 1 is 1.11 bits per heavy atom. The summed E-state index contributed by atoms with van der Waals surface area (Å²) in [6.45, 7) is 13.2. The monoisotopic (exact) mass is 268 g/mol. The average molecular weight is 268 g/mol. The van der Waals surface area contributed by atoms with E-state index in [0.717, 1.165) is 23.8 Å². The summed E-state index contributed by atoms with van der Waals surface area (Å²) in [5.74, 6) is 0. The highest BCUT2D eigenvalue weighted by Crippen LogP contribution is 2.33. The molecule has 1 aliphatic carbocycles. The minimum absolute atomic E-state index is 0.850. The minimum Gasteiger partial charge on any atom is -0.306 e. The molecule has 19 heavy (non-hydrogen) atoms. The van der Waals surface area contributed by atoms with Crippen LogP contribution in [0.2, 0.25) is 0 Å². The summed E-state index contributed by atoms with van der Waals surface area (Å²) in [5.41, 5.74) is 0. The Hall–Kier alpha value is -0.200. The molecule has 5 nitrogen and oxygen atoms in total. The van der Waals surface area contributed by atoms with E-state index < -0.39 is 0 Å². The number of rotatable bonds is 4. The fourth-order valence-electron chi connectivity index (χ4n) is 3.82. The van der Waals surface area contributed by atoms with Gasteiger partial charge in [0.1, 0.15) is 13.1 Å². The summed E-state index contributed by atoms with van der Waals surface area (Å²) in [7, 11) is 2.25. The van der Waals surface area contributed by atoms with Crippen molar-refractivity contribution >= 4 is 0 Å². The molecule has 2 heterocycles. The first-order valence-electron chi connectivity index (χ1n) is 8.05. The van der Waals surface area contributed by atoms with E-state index in [2.05, 4.69) is 34.2 Å². The van der Waals surface area contributed by atoms with Crippen LogP contribution in [0.15, 0.2) is 0 Å². The molecule has 0 amide bonds. The first kappa shape index (κ1) is 13.8. The molecule has 3 rings (SSSR count). The van der Waals surface area contributed by atoms with Gasteiger partial charge in [-0.15, -0.1) is 10.0 Å². The number of hydrogen-bond acceptors (Lipinski definition) is 4. The molecule has 0 aromatic heterocycles. The fourth-order valence-corrected chi connectivity index (χ4v) is 3.82. The van der Waals surface area contributed by atoms with Gasteiger partial charge in [-0.1, -0.05) is 0 Å². The van der Waals surface area contributed by atoms with E-state index in [-0.39, 0.29) is 0 Å². The third-order valence-electron chi connectivity index (χ3n) is 5.07. The number of nitrogens with zero attached hydrogens (tertiary/aromatic N) is 4. The lowest BCUT2D eigenvalue weighted by molar-refractivity contribution is -1.13. The molecule has 3 fully saturated rings. The lowest BCUT2D eigenvalue weighted by atomic mass is 10.3. The Kier molecular flexibility index (Phi) is 4.10. The second-order valence-electron chi connectivity index (χ2n) is 6.32. The van der Waals surface area contributed by atoms with Crippen molar-refractivity contribution in [3.8, 4) is 0 Å². The van der Waals surface area contributed by atoms with Crippen LogP contribution in [-0.4, -0.2) is 91.6 Å². The normalized spacial score (nSPS) is 29.8. The third-order valence-corrected chi connectivity index (χ3v) is 5.07. The summed E-state index contributed by atoms with van der Waals surface area (Å²) in [4.78, 5) is 2.46. The molecule has 0 bridgehead atoms. The molecule has 0 atom stereocenters. The van der Waals surface area contributed by atoms with Gasteiger partial charge in [0.2, 0.25) is 0 Å². The number of piperazine rings is 2. The molecule has 2 saturated heterocycles. The summed E-state index contributed by atoms with van der Waals surface area (Å²) in [6, 6.07) is 0.850. The zero-order chi connectivity index (χ0) is 13.3. The van der Waals surface area contributed by atoms with Crippen LogP contribution in [0.25, 0.3) is 0 Å². The topological polar surface area (TPSA) is 21.8 Å². The summed E-state index contributed by atoms with van der Waals surface area (Å²) < 4.78 is 1.14. The van der Waals surface area contributed by atoms with E-state index >= 15 is 0 Å². The fraction of sp³-hybridized carbons (Fsp3) is 1.00. The van der Waals surface area contributed by atoms with Gasteiger partial charge in [-0.2, -0.15) is 4.70 Å². The number of quaternary nitrogens is 1. The number of hydrogen-bond donors (Lipinski definition) is 1. The Morgan fingerprint density at radius 2 is 1.74 bits per heavy atom. The summed E-state index contributed by atoms with van der Waals surface area (Å²) in [6.07, 6.45) is 2.82. The van der Waals surface area contributed by atoms with Gasteiger partial charge in [0.05, 0.1) is 19.1 Å². The zero-order valence-electron chi connectivity index (χ0n) is 12.6. The highest BCUT2D eigenvalue weighted by atomic mass is 16.0. The molecule has 0 aromatic rings. The Balaban J connectivity index is 1.78. The predicted molar refractivity (Wildman–Crippen MR) is 77.3 cm³/mol. The summed E-state index contributed by atoms with van der Waals surface area (Å²) in [5, 5.41) is 9.08. The lowest BCUT2D eigenvalue weighted by Crippen LogP contribution is -2.76. The van der Waals surface area contributed by atoms with Gasteiger partial charge < -0.3 is 10.2 Å². The van der Waals surface area contributed by atoms with Gasteiger partial charge in [0.25, 0.3) is 0 Å². The highest BCUT2D eigenvalue weighted by molar-refractivity contribution is 4.81. The van der Waals surface area contributed by atoms with Crippen LogP contribution in [0.1, 0.15) is 19.8 Å². The van der Waals surface area contributed by atoms with Crippen LogP contribution in [-0.2, 0) is 0 Å². The first-order chi connectivity index (χ1) is 9.26. The SMILES string of the molecule is CCN(C1CC1)[N+]1(N2CCN(C)CC2)CCNCC1. The first-order valence-corrected chi connectivity index (χ1v) is 8.05. The van der Waals surface area contributed by atoms with E-state index in [1.165, 1.54) is 58.7 Å². The molecule has 0 spiro atoms. The van der Waals surface area contributed by atoms with E-state index in [9.17, 15) is 0 Å². The second kappa shape index (κ2) is 5.66. The predicted octanol–water partition coefficient (Wildman–Crippen LogP) is -0.0319. The van der Waals surface area contributed by atoms with Gasteiger partial charge in [-0.25, -0.2) is 0 Å². The number of nitrogens with one attached hydrogen (secondary N) is 1. The zero-order valence-corrected chi connectivity index (χ0v) is 12.6. The van der Waals surface area contributed by atoms with Crippen molar-refractivity contribution in [2.45, 2.75) is 25.8 Å². The molecular weight excluding hydrogens is 238 g/mol. The van der Waals surface area contributed by atoms with Crippen LogP contribution < -0.4 is 5.32 Å². The van der Waals surface area contributed by atoms with E-state index in [4.69, 9.17) is 0 Å². The summed E-state index contributed by atoms with van der Waals surface area (Å²) >= 11 is 0. The maximum absolute atomic E-state index is 3.55. The van der Waals surface area contributed by atoms with Gasteiger partial charge in [0, 0.05) is 32.7 Å². The quantitative estimate of drug-likeness (QED) is 0.723. The molecule has 3 aliphatic rings. The number of likely N-dealkylation sites (N-methyl/N-ethyl adjacent to an activating group) is 1. The van der Waals surface area contributed by atoms with Crippen molar-refractivity contribution in [3.05, 3.63) is 0 Å². The molecule has 2 aliphatic heterocycles. The Bertz CT molecular complexity index is 290. The second-order valence-corrected chi connectivity index (χ2v) is 6.32. The maximum atomic E-state index is 3.55. The van der Waals surface area contributed by atoms with Gasteiger partial charge >= 0.3 is 0 Å². The molecule has 0 unspecified atom stereocenters. The standard InChI is InChI=1S/C14H30N5/c1-3-18(14-4-5-14)19(12-6-15-7-13-19)17-10-8-16(2)9-11-17/h14-15H,3-13H2,1-2H3/q+1. The van der Waals surface area contributed by atoms with Crippen LogP contribution in [0.3, 0.4) is 0 Å². The third kappa shape index (κ3) is 2.67. The van der Waals surface area contributed by atoms with Crippen LogP contribution >= 0.6 is 0 Å². The van der Waals surface area contributed by atoms with Crippen molar-refractivity contribution in [2.75, 3.05) is 66.0 Å². The maximum Gasteiger partial charge on any atom is 0.128 e. The van der Waals surface area contributed by atoms with Crippen molar-refractivity contribution in [1.29, 1.82) is 0 Å². The molecule has 1 saturated carbocycles. The molecule has 1 N–H and O–H groups in total. The molecule has 0 aromatic carbocycles. The average Bonchev–Trinajstić information content (AvgIpc) is 3.26. The van der Waals surface area contributed by atoms with E-state index in [1.54, 1.807) is 0 Å². The van der Waals surface area contributed by atoms with Crippen molar-refractivity contribution in [2.24, 2.45) is 0 Å². The lowest BCUT2D eigenvalue weighted by Gasteiger charge is -2.54. The van der Waals surface area contributed by atoms with Crippen LogP contribution in [0.4, 0.5) is 0 Å². The Labute approximate surface area is 117 Å². The smallest absolute Gasteiger partial charge is 0.128 e. The Morgan fingerprint density at radius 3 is 2.26 bits per heavy atom. The van der Waals surface area contributed by atoms with E-state index in [0.29, 0.717) is 0 Å². The van der Waals surface area contributed by atoms with Gasteiger partial charge in [-0.05, 0) is 26.8 Å². The highest BCUT2D eigenvalue weighted by Gasteiger charge is 2.49.